The van der Waals surface area contributed by atoms with E-state index in [0.717, 1.165) is 20.1 Å². The van der Waals surface area contributed by atoms with Crippen LogP contribution in [0.5, 0.6) is 11.5 Å². The fourth-order valence-corrected chi connectivity index (χ4v) is 4.46. The van der Waals surface area contributed by atoms with E-state index in [2.05, 4.69) is 37.0 Å². The molecule has 36 heavy (non-hydrogen) atoms. The molecule has 1 aromatic heterocycles. The Kier molecular flexibility index (Phi) is 8.49. The molecule has 0 N–H and O–H groups in total. The van der Waals surface area contributed by atoms with Crippen LogP contribution in [-0.2, 0) is 6.61 Å². The predicted octanol–water partition coefficient (Wildman–Crippen LogP) is 7.56. The first-order valence-corrected chi connectivity index (χ1v) is 13.3. The van der Waals surface area contributed by atoms with Crippen molar-refractivity contribution in [2.24, 2.45) is 5.10 Å². The van der Waals surface area contributed by atoms with Crippen molar-refractivity contribution in [3.8, 4) is 11.5 Å². The van der Waals surface area contributed by atoms with Crippen LogP contribution in [0.15, 0.2) is 73.4 Å². The summed E-state index contributed by atoms with van der Waals surface area (Å²) in [5, 5.41) is 5.70. The number of aromatic nitrogens is 2. The van der Waals surface area contributed by atoms with E-state index in [0.29, 0.717) is 46.5 Å². The van der Waals surface area contributed by atoms with E-state index in [4.69, 9.17) is 26.1 Å². The maximum atomic E-state index is 13.3. The second-order valence-corrected chi connectivity index (χ2v) is 10.5. The molecule has 0 saturated heterocycles. The lowest BCUT2D eigenvalue weighted by Crippen LogP contribution is -2.23. The highest BCUT2D eigenvalue weighted by Gasteiger charge is 2.15. The molecule has 4 rings (SSSR count). The van der Waals surface area contributed by atoms with Gasteiger partial charge in [-0.1, -0.05) is 53.5 Å². The Hall–Kier alpha value is -2.68. The van der Waals surface area contributed by atoms with Crippen molar-refractivity contribution < 1.29 is 9.47 Å². The van der Waals surface area contributed by atoms with Crippen molar-refractivity contribution in [2.75, 3.05) is 6.61 Å². The standard InChI is InChI=1S/C27H24Br2ClN3O3/c1-4-35-24-11-18(22(29)13-25(24)36-15-17-5-8-20(30)9-6-17)14-31-33-26(16(2)3)32-23-10-7-19(28)12-21(23)27(33)34/h5-14,16H,4,15H2,1-3H3. The Morgan fingerprint density at radius 3 is 2.47 bits per heavy atom. The van der Waals surface area contributed by atoms with Crippen molar-refractivity contribution in [2.45, 2.75) is 33.3 Å². The second kappa shape index (κ2) is 11.6. The van der Waals surface area contributed by atoms with E-state index < -0.39 is 0 Å². The zero-order valence-corrected chi connectivity index (χ0v) is 23.9. The van der Waals surface area contributed by atoms with Crippen LogP contribution < -0.4 is 15.0 Å². The third-order valence-corrected chi connectivity index (χ3v) is 6.76. The molecule has 0 spiro atoms. The number of benzene rings is 3. The summed E-state index contributed by atoms with van der Waals surface area (Å²) in [4.78, 5) is 18.0. The smallest absolute Gasteiger partial charge is 0.282 e. The topological polar surface area (TPSA) is 65.7 Å². The third kappa shape index (κ3) is 5.99. The Bertz CT molecular complexity index is 1480. The summed E-state index contributed by atoms with van der Waals surface area (Å²) in [5.74, 6) is 1.74. The van der Waals surface area contributed by atoms with E-state index >= 15 is 0 Å². The van der Waals surface area contributed by atoms with E-state index in [1.807, 2.05) is 69.3 Å². The van der Waals surface area contributed by atoms with Gasteiger partial charge in [0.2, 0.25) is 0 Å². The maximum absolute atomic E-state index is 13.3. The summed E-state index contributed by atoms with van der Waals surface area (Å²) in [7, 11) is 0. The minimum absolute atomic E-state index is 0.00559. The highest BCUT2D eigenvalue weighted by molar-refractivity contribution is 9.10. The average Bonchev–Trinajstić information content (AvgIpc) is 2.85. The van der Waals surface area contributed by atoms with Gasteiger partial charge in [0.15, 0.2) is 11.5 Å². The van der Waals surface area contributed by atoms with E-state index in [9.17, 15) is 4.79 Å². The fourth-order valence-electron chi connectivity index (χ4n) is 3.54. The molecule has 4 aromatic rings. The summed E-state index contributed by atoms with van der Waals surface area (Å²) < 4.78 is 14.8. The van der Waals surface area contributed by atoms with Gasteiger partial charge in [0.05, 0.1) is 23.7 Å². The number of nitrogens with zero attached hydrogens (tertiary/aromatic N) is 3. The highest BCUT2D eigenvalue weighted by Crippen LogP contribution is 2.34. The summed E-state index contributed by atoms with van der Waals surface area (Å²) >= 11 is 13.0. The van der Waals surface area contributed by atoms with Crippen LogP contribution >= 0.6 is 43.5 Å². The van der Waals surface area contributed by atoms with Crippen molar-refractivity contribution >= 4 is 60.6 Å². The minimum Gasteiger partial charge on any atom is -0.490 e. The first-order valence-electron chi connectivity index (χ1n) is 11.4. The summed E-state index contributed by atoms with van der Waals surface area (Å²) in [6.45, 7) is 6.70. The van der Waals surface area contributed by atoms with Crippen LogP contribution in [0, 0.1) is 0 Å². The van der Waals surface area contributed by atoms with Gasteiger partial charge < -0.3 is 9.47 Å². The monoisotopic (exact) mass is 631 g/mol. The van der Waals surface area contributed by atoms with Crippen molar-refractivity contribution in [3.05, 3.63) is 95.9 Å². The largest absolute Gasteiger partial charge is 0.490 e. The molecular formula is C27H24Br2ClN3O3. The van der Waals surface area contributed by atoms with Gasteiger partial charge in [0.1, 0.15) is 12.4 Å². The van der Waals surface area contributed by atoms with Crippen molar-refractivity contribution in [3.63, 3.8) is 0 Å². The molecule has 0 saturated carbocycles. The second-order valence-electron chi connectivity index (χ2n) is 8.32. The molecule has 9 heteroatoms. The van der Waals surface area contributed by atoms with Gasteiger partial charge in [-0.05, 0) is 70.9 Å². The molecule has 1 heterocycles. The van der Waals surface area contributed by atoms with Crippen LogP contribution in [0.25, 0.3) is 10.9 Å². The molecule has 186 valence electrons. The SMILES string of the molecule is CCOc1cc(C=Nn2c(C(C)C)nc3ccc(Br)cc3c2=O)c(Br)cc1OCc1ccc(Cl)cc1. The first-order chi connectivity index (χ1) is 17.3. The van der Waals surface area contributed by atoms with Crippen molar-refractivity contribution in [1.82, 2.24) is 9.66 Å². The molecule has 0 radical (unpaired) electrons. The van der Waals surface area contributed by atoms with E-state index in [1.165, 1.54) is 4.68 Å². The van der Waals surface area contributed by atoms with Crippen LogP contribution in [0.4, 0.5) is 0 Å². The lowest BCUT2D eigenvalue weighted by atomic mass is 10.2. The molecule has 0 aliphatic rings. The van der Waals surface area contributed by atoms with Gasteiger partial charge in [-0.15, -0.1) is 0 Å². The normalized spacial score (nSPS) is 11.5. The number of fused-ring (bicyclic) bond motifs is 1. The third-order valence-electron chi connectivity index (χ3n) is 5.33. The van der Waals surface area contributed by atoms with Gasteiger partial charge in [0.25, 0.3) is 5.56 Å². The fraction of sp³-hybridized carbons (Fsp3) is 0.222. The molecule has 6 nitrogen and oxygen atoms in total. The molecule has 0 bridgehead atoms. The van der Waals surface area contributed by atoms with Gasteiger partial charge in [-0.25, -0.2) is 4.98 Å². The zero-order valence-electron chi connectivity index (χ0n) is 20.0. The number of hydrogen-bond acceptors (Lipinski definition) is 5. The summed E-state index contributed by atoms with van der Waals surface area (Å²) in [6, 6.07) is 16.6. The molecule has 0 aliphatic carbocycles. The lowest BCUT2D eigenvalue weighted by molar-refractivity contribution is 0.269. The van der Waals surface area contributed by atoms with Crippen LogP contribution in [0.3, 0.4) is 0 Å². The van der Waals surface area contributed by atoms with Gasteiger partial charge in [-0.3, -0.25) is 4.79 Å². The number of halogens is 3. The predicted molar refractivity (Wildman–Crippen MR) is 152 cm³/mol. The number of ether oxygens (including phenoxy) is 2. The van der Waals surface area contributed by atoms with Gasteiger partial charge >= 0.3 is 0 Å². The number of hydrogen-bond donors (Lipinski definition) is 0. The molecule has 0 atom stereocenters. The van der Waals surface area contributed by atoms with Crippen LogP contribution in [0.2, 0.25) is 5.02 Å². The van der Waals surface area contributed by atoms with Gasteiger partial charge in [0, 0.05) is 25.4 Å². The first kappa shape index (κ1) is 26.4. The average molecular weight is 634 g/mol. The van der Waals surface area contributed by atoms with E-state index in [-0.39, 0.29) is 11.5 Å². The molecule has 0 amide bonds. The Labute approximate surface area is 231 Å². The number of rotatable bonds is 8. The lowest BCUT2D eigenvalue weighted by Gasteiger charge is -2.14. The Balaban J connectivity index is 1.70. The highest BCUT2D eigenvalue weighted by atomic mass is 79.9. The summed E-state index contributed by atoms with van der Waals surface area (Å²) in [5.41, 5.74) is 2.12. The van der Waals surface area contributed by atoms with Crippen molar-refractivity contribution in [1.29, 1.82) is 0 Å². The van der Waals surface area contributed by atoms with Crippen LogP contribution in [0.1, 0.15) is 43.6 Å². The molecule has 0 fully saturated rings. The van der Waals surface area contributed by atoms with E-state index in [1.54, 1.807) is 12.3 Å². The molecule has 3 aromatic carbocycles. The zero-order chi connectivity index (χ0) is 25.8. The summed E-state index contributed by atoms with van der Waals surface area (Å²) in [6.07, 6.45) is 1.62. The van der Waals surface area contributed by atoms with Crippen LogP contribution in [-0.4, -0.2) is 22.5 Å². The van der Waals surface area contributed by atoms with Gasteiger partial charge in [-0.2, -0.15) is 9.78 Å². The molecule has 0 unspecified atom stereocenters. The Morgan fingerprint density at radius 1 is 1.06 bits per heavy atom. The maximum Gasteiger partial charge on any atom is 0.282 e. The quantitative estimate of drug-likeness (QED) is 0.188. The molecular weight excluding hydrogens is 610 g/mol. The molecule has 0 aliphatic heterocycles. The minimum atomic E-state index is -0.231. The Morgan fingerprint density at radius 2 is 1.78 bits per heavy atom.